The fraction of sp³-hybridized carbons (Fsp3) is 0.812. The third-order valence-corrected chi connectivity index (χ3v) is 5.75. The van der Waals surface area contributed by atoms with Crippen LogP contribution in [0.5, 0.6) is 0 Å². The number of hydrogen-bond acceptors (Lipinski definition) is 4. The lowest BCUT2D eigenvalue weighted by atomic mass is 9.94. The van der Waals surface area contributed by atoms with E-state index in [4.69, 9.17) is 4.74 Å². The van der Waals surface area contributed by atoms with Crippen molar-refractivity contribution >= 4 is 17.8 Å². The maximum Gasteiger partial charge on any atom is 0.471 e. The third kappa shape index (κ3) is 3.26. The second-order valence-corrected chi connectivity index (χ2v) is 7.94. The molecule has 2 amide bonds. The van der Waals surface area contributed by atoms with E-state index in [9.17, 15) is 32.7 Å². The smallest absolute Gasteiger partial charge is 0.471 e. The standard InChI is InChI=1S/C16H23F3N2O5/c1-14(2)7-6-21(9(8(7)14)12(23)24)11(22)10(15(3,4)26-5)20-13(25)16(17,18)19/h7-10H,6H2,1-5H3,(H,20,25)(H,23,24)/t7-,8-,9-,10+/m0/s1. The Morgan fingerprint density at radius 2 is 1.81 bits per heavy atom. The number of hydrogen-bond donors (Lipinski definition) is 2. The number of rotatable bonds is 5. The predicted octanol–water partition coefficient (Wildman–Crippen LogP) is 1.03. The molecule has 4 atom stereocenters. The molecule has 0 radical (unpaired) electrons. The van der Waals surface area contributed by atoms with Gasteiger partial charge in [-0.25, -0.2) is 4.79 Å². The van der Waals surface area contributed by atoms with Crippen LogP contribution in [0, 0.1) is 17.3 Å². The first-order valence-corrected chi connectivity index (χ1v) is 8.12. The van der Waals surface area contributed by atoms with Gasteiger partial charge >= 0.3 is 18.1 Å². The van der Waals surface area contributed by atoms with Crippen LogP contribution in [-0.2, 0) is 19.1 Å². The zero-order valence-electron chi connectivity index (χ0n) is 15.2. The van der Waals surface area contributed by atoms with Gasteiger partial charge in [-0.2, -0.15) is 13.2 Å². The van der Waals surface area contributed by atoms with Crippen LogP contribution in [0.15, 0.2) is 0 Å². The number of carboxylic acid groups (broad SMARTS) is 1. The number of fused-ring (bicyclic) bond motifs is 1. The monoisotopic (exact) mass is 380 g/mol. The first kappa shape index (κ1) is 20.5. The molecule has 2 N–H and O–H groups in total. The molecule has 0 aromatic carbocycles. The first-order valence-electron chi connectivity index (χ1n) is 8.12. The van der Waals surface area contributed by atoms with Gasteiger partial charge in [-0.3, -0.25) is 9.59 Å². The number of amides is 2. The van der Waals surface area contributed by atoms with Gasteiger partial charge in [0.15, 0.2) is 0 Å². The van der Waals surface area contributed by atoms with Gasteiger partial charge in [-0.05, 0) is 25.2 Å². The Hall–Kier alpha value is -1.84. The molecule has 1 aliphatic heterocycles. The summed E-state index contributed by atoms with van der Waals surface area (Å²) in [6, 6.07) is -2.82. The number of carbonyl (C=O) groups is 3. The van der Waals surface area contributed by atoms with Crippen molar-refractivity contribution in [3.05, 3.63) is 0 Å². The molecule has 2 rings (SSSR count). The lowest BCUT2D eigenvalue weighted by Crippen LogP contribution is -2.63. The zero-order valence-corrected chi connectivity index (χ0v) is 15.2. The highest BCUT2D eigenvalue weighted by molar-refractivity contribution is 5.93. The molecule has 7 nitrogen and oxygen atoms in total. The minimum absolute atomic E-state index is 0.0443. The quantitative estimate of drug-likeness (QED) is 0.743. The molecule has 10 heteroatoms. The van der Waals surface area contributed by atoms with Crippen LogP contribution < -0.4 is 5.32 Å². The number of nitrogens with zero attached hydrogens (tertiary/aromatic N) is 1. The number of nitrogens with one attached hydrogen (secondary N) is 1. The number of methoxy groups -OCH3 is 1. The Bertz CT molecular complexity index is 632. The Morgan fingerprint density at radius 3 is 2.23 bits per heavy atom. The van der Waals surface area contributed by atoms with E-state index in [2.05, 4.69) is 0 Å². The topological polar surface area (TPSA) is 95.9 Å². The number of piperidine rings is 1. The van der Waals surface area contributed by atoms with Crippen LogP contribution in [0.4, 0.5) is 13.2 Å². The van der Waals surface area contributed by atoms with Crippen molar-refractivity contribution in [3.8, 4) is 0 Å². The summed E-state index contributed by atoms with van der Waals surface area (Å²) >= 11 is 0. The summed E-state index contributed by atoms with van der Waals surface area (Å²) in [4.78, 5) is 37.0. The molecular formula is C16H23F3N2O5. The highest BCUT2D eigenvalue weighted by Crippen LogP contribution is 2.64. The maximum absolute atomic E-state index is 12.9. The fourth-order valence-corrected chi connectivity index (χ4v) is 3.83. The summed E-state index contributed by atoms with van der Waals surface area (Å²) in [5.74, 6) is -4.71. The minimum Gasteiger partial charge on any atom is -0.480 e. The fourth-order valence-electron chi connectivity index (χ4n) is 3.83. The first-order chi connectivity index (χ1) is 11.7. The molecule has 0 bridgehead atoms. The number of ether oxygens (including phenoxy) is 1. The molecule has 2 fully saturated rings. The second kappa shape index (κ2) is 6.11. The van der Waals surface area contributed by atoms with Crippen LogP contribution in [0.2, 0.25) is 0 Å². The van der Waals surface area contributed by atoms with Crippen LogP contribution in [-0.4, -0.2) is 65.3 Å². The predicted molar refractivity (Wildman–Crippen MR) is 83.0 cm³/mol. The van der Waals surface area contributed by atoms with Crippen LogP contribution in [0.25, 0.3) is 0 Å². The number of likely N-dealkylation sites (tertiary alicyclic amines) is 1. The van der Waals surface area contributed by atoms with E-state index in [0.29, 0.717) is 0 Å². The summed E-state index contributed by atoms with van der Waals surface area (Å²) in [5.41, 5.74) is -1.72. The third-order valence-electron chi connectivity index (χ3n) is 5.75. The highest BCUT2D eigenvalue weighted by Gasteiger charge is 2.70. The van der Waals surface area contributed by atoms with Gasteiger partial charge in [-0.15, -0.1) is 0 Å². The SMILES string of the molecule is COC(C)(C)[C@H](NC(=O)C(F)(F)F)C(=O)N1C[C@H]2[C@@H]([C@H]1C(=O)O)C2(C)C. The average molecular weight is 380 g/mol. The summed E-state index contributed by atoms with van der Waals surface area (Å²) in [6.07, 6.45) is -5.18. The second-order valence-electron chi connectivity index (χ2n) is 7.94. The van der Waals surface area contributed by atoms with Crippen molar-refractivity contribution in [1.29, 1.82) is 0 Å². The summed E-state index contributed by atoms with van der Waals surface area (Å²) in [5, 5.41) is 11.2. The lowest BCUT2D eigenvalue weighted by molar-refractivity contribution is -0.178. The van der Waals surface area contributed by atoms with E-state index >= 15 is 0 Å². The van der Waals surface area contributed by atoms with Crippen molar-refractivity contribution in [2.45, 2.75) is 51.6 Å². The Labute approximate surface area is 148 Å². The molecular weight excluding hydrogens is 357 g/mol. The normalized spacial score (nSPS) is 28.3. The highest BCUT2D eigenvalue weighted by atomic mass is 19.4. The van der Waals surface area contributed by atoms with Crippen molar-refractivity contribution in [2.24, 2.45) is 17.3 Å². The number of carboxylic acids is 1. The largest absolute Gasteiger partial charge is 0.480 e. The number of halogens is 3. The van der Waals surface area contributed by atoms with E-state index in [1.54, 1.807) is 5.32 Å². The average Bonchev–Trinajstić information content (AvgIpc) is 2.87. The maximum atomic E-state index is 12.9. The van der Waals surface area contributed by atoms with E-state index in [1.807, 2.05) is 13.8 Å². The van der Waals surface area contributed by atoms with Crippen LogP contribution in [0.1, 0.15) is 27.7 Å². The van der Waals surface area contributed by atoms with E-state index in [-0.39, 0.29) is 23.8 Å². The summed E-state index contributed by atoms with van der Waals surface area (Å²) in [7, 11) is 1.19. The molecule has 0 spiro atoms. The Morgan fingerprint density at radius 1 is 1.27 bits per heavy atom. The van der Waals surface area contributed by atoms with Gasteiger partial charge in [0.25, 0.3) is 0 Å². The molecule has 0 aromatic rings. The van der Waals surface area contributed by atoms with Gasteiger partial charge in [0, 0.05) is 19.6 Å². The lowest BCUT2D eigenvalue weighted by Gasteiger charge is -2.37. The summed E-state index contributed by atoms with van der Waals surface area (Å²) < 4.78 is 43.0. The van der Waals surface area contributed by atoms with Crippen LogP contribution in [0.3, 0.4) is 0 Å². The van der Waals surface area contributed by atoms with Crippen molar-refractivity contribution < 1.29 is 37.4 Å². The van der Waals surface area contributed by atoms with E-state index < -0.39 is 41.6 Å². The van der Waals surface area contributed by atoms with Gasteiger partial charge in [0.2, 0.25) is 5.91 Å². The molecule has 0 unspecified atom stereocenters. The van der Waals surface area contributed by atoms with E-state index in [0.717, 1.165) is 4.90 Å². The van der Waals surface area contributed by atoms with Crippen molar-refractivity contribution in [3.63, 3.8) is 0 Å². The molecule has 2 aliphatic rings. The number of carbonyl (C=O) groups excluding carboxylic acids is 2. The van der Waals surface area contributed by atoms with Crippen molar-refractivity contribution in [1.82, 2.24) is 10.2 Å². The Balaban J connectivity index is 2.30. The molecule has 0 aromatic heterocycles. The number of alkyl halides is 3. The van der Waals surface area contributed by atoms with Crippen molar-refractivity contribution in [2.75, 3.05) is 13.7 Å². The van der Waals surface area contributed by atoms with Gasteiger partial charge < -0.3 is 20.1 Å². The molecule has 148 valence electrons. The molecule has 26 heavy (non-hydrogen) atoms. The molecule has 1 saturated carbocycles. The number of aliphatic carboxylic acids is 1. The minimum atomic E-state index is -5.18. The summed E-state index contributed by atoms with van der Waals surface area (Å²) in [6.45, 7) is 6.60. The van der Waals surface area contributed by atoms with Gasteiger partial charge in [0.05, 0.1) is 5.60 Å². The van der Waals surface area contributed by atoms with Gasteiger partial charge in [-0.1, -0.05) is 13.8 Å². The Kier molecular flexibility index (Phi) is 4.81. The zero-order chi connectivity index (χ0) is 20.2. The van der Waals surface area contributed by atoms with Gasteiger partial charge in [0.1, 0.15) is 12.1 Å². The molecule has 1 aliphatic carbocycles. The molecule has 1 saturated heterocycles. The van der Waals surface area contributed by atoms with E-state index in [1.165, 1.54) is 21.0 Å². The van der Waals surface area contributed by atoms with Crippen LogP contribution >= 0.6 is 0 Å². The molecule has 1 heterocycles.